The molecule has 0 aromatic rings. The Labute approximate surface area is 57.2 Å². The summed E-state index contributed by atoms with van der Waals surface area (Å²) in [6.07, 6.45) is 2.31. The molecule has 0 radical (unpaired) electrons. The van der Waals surface area contributed by atoms with E-state index in [1.165, 1.54) is 12.2 Å². The highest BCUT2D eigenvalue weighted by molar-refractivity contribution is 8.77. The summed E-state index contributed by atoms with van der Waals surface area (Å²) in [6.45, 7) is 0. The van der Waals surface area contributed by atoms with E-state index in [4.69, 9.17) is 5.26 Å². The van der Waals surface area contributed by atoms with Gasteiger partial charge in [-0.25, -0.2) is 0 Å². The van der Waals surface area contributed by atoms with Gasteiger partial charge in [-0.2, -0.15) is 5.26 Å². The van der Waals surface area contributed by atoms with E-state index in [0.717, 1.165) is 6.42 Å². The third kappa shape index (κ3) is 1.61. The van der Waals surface area contributed by atoms with Crippen LogP contribution in [0, 0.1) is 11.3 Å². The molecule has 3 heteroatoms. The number of nitrogens with zero attached hydrogens (tertiary/aromatic N) is 1. The molecule has 0 saturated carbocycles. The van der Waals surface area contributed by atoms with Crippen LogP contribution in [0.25, 0.3) is 0 Å². The molecule has 0 bridgehead atoms. The molecule has 1 saturated heterocycles. The lowest BCUT2D eigenvalue weighted by molar-refractivity contribution is 0.841. The first-order valence-corrected chi connectivity index (χ1v) is 4.99. The van der Waals surface area contributed by atoms with Gasteiger partial charge >= 0.3 is 0 Å². The number of rotatable bonds is 0. The molecule has 0 amide bonds. The number of hydrogen-bond donors (Lipinski definition) is 0. The molecule has 0 aliphatic carbocycles. The fraction of sp³-hybridized carbons (Fsp3) is 0.800. The zero-order valence-electron chi connectivity index (χ0n) is 4.46. The third-order valence-corrected chi connectivity index (χ3v) is 3.79. The second-order valence-corrected chi connectivity index (χ2v) is 4.37. The van der Waals surface area contributed by atoms with Crippen LogP contribution in [0.5, 0.6) is 0 Å². The van der Waals surface area contributed by atoms with Crippen molar-refractivity contribution in [2.75, 3.05) is 5.75 Å². The molecule has 1 aliphatic rings. The van der Waals surface area contributed by atoms with Crippen molar-refractivity contribution in [3.05, 3.63) is 0 Å². The van der Waals surface area contributed by atoms with Crippen molar-refractivity contribution < 1.29 is 0 Å². The van der Waals surface area contributed by atoms with Crippen LogP contribution in [-0.4, -0.2) is 11.0 Å². The second-order valence-electron chi connectivity index (χ2n) is 1.68. The van der Waals surface area contributed by atoms with Crippen LogP contribution in [0.1, 0.15) is 12.8 Å². The SMILES string of the molecule is N#CC1CCCSS1. The van der Waals surface area contributed by atoms with Gasteiger partial charge in [-0.05, 0) is 12.8 Å². The van der Waals surface area contributed by atoms with E-state index in [0.29, 0.717) is 0 Å². The van der Waals surface area contributed by atoms with Crippen LogP contribution in [0.3, 0.4) is 0 Å². The van der Waals surface area contributed by atoms with E-state index in [9.17, 15) is 0 Å². The number of hydrogen-bond acceptors (Lipinski definition) is 3. The van der Waals surface area contributed by atoms with Gasteiger partial charge in [-0.3, -0.25) is 0 Å². The Hall–Kier alpha value is 0.190. The van der Waals surface area contributed by atoms with Crippen LogP contribution in [0.15, 0.2) is 0 Å². The van der Waals surface area contributed by atoms with E-state index in [1.807, 2.05) is 10.8 Å². The van der Waals surface area contributed by atoms with E-state index >= 15 is 0 Å². The van der Waals surface area contributed by atoms with Crippen molar-refractivity contribution in [3.63, 3.8) is 0 Å². The quantitative estimate of drug-likeness (QED) is 0.487. The summed E-state index contributed by atoms with van der Waals surface area (Å²) in [7, 11) is 3.54. The van der Waals surface area contributed by atoms with Gasteiger partial charge in [0.2, 0.25) is 0 Å². The van der Waals surface area contributed by atoms with E-state index in [-0.39, 0.29) is 5.25 Å². The molecule has 0 aromatic carbocycles. The molecule has 1 fully saturated rings. The molecule has 1 heterocycles. The highest BCUT2D eigenvalue weighted by atomic mass is 33.1. The van der Waals surface area contributed by atoms with Crippen LogP contribution < -0.4 is 0 Å². The standard InChI is InChI=1S/C5H7NS2/c6-4-5-2-1-3-7-8-5/h5H,1-3H2. The molecular weight excluding hydrogens is 138 g/mol. The summed E-state index contributed by atoms with van der Waals surface area (Å²) in [4.78, 5) is 0. The molecule has 0 aromatic heterocycles. The zero-order chi connectivity index (χ0) is 5.82. The monoisotopic (exact) mass is 145 g/mol. The molecule has 1 unspecified atom stereocenters. The molecule has 1 atom stereocenters. The average Bonchev–Trinajstić information content (AvgIpc) is 1.90. The van der Waals surface area contributed by atoms with Gasteiger partial charge in [0, 0.05) is 5.75 Å². The summed E-state index contributed by atoms with van der Waals surface area (Å²) >= 11 is 0. The van der Waals surface area contributed by atoms with Crippen molar-refractivity contribution in [1.82, 2.24) is 0 Å². The smallest absolute Gasteiger partial charge is 0.102 e. The Morgan fingerprint density at radius 1 is 1.62 bits per heavy atom. The van der Waals surface area contributed by atoms with Crippen molar-refractivity contribution in [2.45, 2.75) is 18.1 Å². The molecule has 0 N–H and O–H groups in total. The summed E-state index contributed by atoms with van der Waals surface area (Å²) in [5, 5.41) is 8.68. The van der Waals surface area contributed by atoms with Gasteiger partial charge in [0.1, 0.15) is 5.25 Å². The minimum atomic E-state index is 0.272. The Morgan fingerprint density at radius 3 is 2.88 bits per heavy atom. The van der Waals surface area contributed by atoms with E-state index < -0.39 is 0 Å². The maximum atomic E-state index is 8.41. The predicted octanol–water partition coefficient (Wildman–Crippen LogP) is 2.05. The largest absolute Gasteiger partial charge is 0.197 e. The average molecular weight is 145 g/mol. The van der Waals surface area contributed by atoms with Gasteiger partial charge in [0.25, 0.3) is 0 Å². The Kier molecular flexibility index (Phi) is 2.57. The fourth-order valence-corrected chi connectivity index (χ4v) is 3.00. The molecule has 1 rings (SSSR count). The molecular formula is C5H7NS2. The van der Waals surface area contributed by atoms with Gasteiger partial charge < -0.3 is 0 Å². The van der Waals surface area contributed by atoms with Crippen molar-refractivity contribution in [1.29, 1.82) is 5.26 Å². The summed E-state index contributed by atoms with van der Waals surface area (Å²) in [5.74, 6) is 1.23. The maximum absolute atomic E-state index is 8.41. The molecule has 1 nitrogen and oxygen atoms in total. The van der Waals surface area contributed by atoms with Crippen LogP contribution in [-0.2, 0) is 0 Å². The van der Waals surface area contributed by atoms with Gasteiger partial charge in [0.05, 0.1) is 6.07 Å². The first-order chi connectivity index (χ1) is 3.93. The van der Waals surface area contributed by atoms with Gasteiger partial charge in [-0.15, -0.1) is 0 Å². The van der Waals surface area contributed by atoms with Crippen molar-refractivity contribution in [2.24, 2.45) is 0 Å². The Balaban J connectivity index is 2.25. The lowest BCUT2D eigenvalue weighted by Crippen LogP contribution is -2.01. The van der Waals surface area contributed by atoms with Crippen molar-refractivity contribution >= 4 is 21.6 Å². The summed E-state index contributed by atoms with van der Waals surface area (Å²) in [6, 6.07) is 2.25. The minimum Gasteiger partial charge on any atom is -0.197 e. The fourth-order valence-electron chi connectivity index (χ4n) is 0.592. The van der Waals surface area contributed by atoms with Crippen molar-refractivity contribution in [3.8, 4) is 6.07 Å². The first-order valence-electron chi connectivity index (χ1n) is 2.61. The highest BCUT2D eigenvalue weighted by Gasteiger charge is 2.12. The normalized spacial score (nSPS) is 29.1. The summed E-state index contributed by atoms with van der Waals surface area (Å²) in [5.41, 5.74) is 0. The van der Waals surface area contributed by atoms with Crippen LogP contribution in [0.2, 0.25) is 0 Å². The first kappa shape index (κ1) is 6.31. The van der Waals surface area contributed by atoms with Gasteiger partial charge in [0.15, 0.2) is 0 Å². The molecule has 8 heavy (non-hydrogen) atoms. The van der Waals surface area contributed by atoms with E-state index in [1.54, 1.807) is 10.8 Å². The minimum absolute atomic E-state index is 0.272. The van der Waals surface area contributed by atoms with Crippen LogP contribution in [0.4, 0.5) is 0 Å². The Bertz CT molecular complexity index is 101. The zero-order valence-corrected chi connectivity index (χ0v) is 6.10. The third-order valence-electron chi connectivity index (χ3n) is 1.02. The number of nitriles is 1. The second kappa shape index (κ2) is 3.26. The highest BCUT2D eigenvalue weighted by Crippen LogP contribution is 2.34. The lowest BCUT2D eigenvalue weighted by Gasteiger charge is -2.12. The molecule has 1 aliphatic heterocycles. The predicted molar refractivity (Wildman–Crippen MR) is 38.7 cm³/mol. The summed E-state index contributed by atoms with van der Waals surface area (Å²) < 4.78 is 0. The topological polar surface area (TPSA) is 23.8 Å². The molecule has 44 valence electrons. The lowest BCUT2D eigenvalue weighted by atomic mass is 10.3. The van der Waals surface area contributed by atoms with Gasteiger partial charge in [-0.1, -0.05) is 21.6 Å². The maximum Gasteiger partial charge on any atom is 0.102 e. The molecule has 0 spiro atoms. The van der Waals surface area contributed by atoms with E-state index in [2.05, 4.69) is 6.07 Å². The van der Waals surface area contributed by atoms with Crippen LogP contribution >= 0.6 is 21.6 Å². The Morgan fingerprint density at radius 2 is 2.50 bits per heavy atom.